The fourth-order valence-corrected chi connectivity index (χ4v) is 1.79. The fourth-order valence-electron chi connectivity index (χ4n) is 1.56. The summed E-state index contributed by atoms with van der Waals surface area (Å²) >= 11 is 5.00. The Bertz CT molecular complexity index is 734. The first-order chi connectivity index (χ1) is 9.52. The third-order valence-electron chi connectivity index (χ3n) is 2.53. The van der Waals surface area contributed by atoms with E-state index in [1.54, 1.807) is 13.0 Å². The number of nitro groups is 1. The average Bonchev–Trinajstić information content (AvgIpc) is 2.75. The molecule has 1 aromatic heterocycles. The number of rotatable bonds is 4. The van der Waals surface area contributed by atoms with Gasteiger partial charge in [-0.3, -0.25) is 15.2 Å². The molecule has 0 bridgehead atoms. The van der Waals surface area contributed by atoms with Gasteiger partial charge in [-0.05, 0) is 31.3 Å². The molecule has 0 amide bonds. The molecule has 8 nitrogen and oxygen atoms in total. The highest BCUT2D eigenvalue weighted by Crippen LogP contribution is 2.26. The van der Waals surface area contributed by atoms with Gasteiger partial charge in [0.25, 0.3) is 0 Å². The van der Waals surface area contributed by atoms with Crippen molar-refractivity contribution in [2.45, 2.75) is 6.92 Å². The number of benzene rings is 1. The van der Waals surface area contributed by atoms with Crippen LogP contribution in [0.3, 0.4) is 0 Å². The first kappa shape index (κ1) is 13.9. The summed E-state index contributed by atoms with van der Waals surface area (Å²) in [5, 5.41) is 21.5. The Labute approximate surface area is 118 Å². The van der Waals surface area contributed by atoms with Crippen molar-refractivity contribution in [3.63, 3.8) is 0 Å². The number of hydrogen-bond acceptors (Lipinski definition) is 6. The number of aromatic amines is 1. The normalized spacial score (nSPS) is 10.9. The monoisotopic (exact) mass is 293 g/mol. The number of ether oxygens (including phenoxy) is 1. The van der Waals surface area contributed by atoms with Gasteiger partial charge in [0.05, 0.1) is 18.2 Å². The first-order valence-electron chi connectivity index (χ1n) is 5.53. The van der Waals surface area contributed by atoms with Gasteiger partial charge in [0.1, 0.15) is 5.82 Å². The molecular formula is C11H11N5O3S. The predicted molar refractivity (Wildman–Crippen MR) is 74.8 cm³/mol. The Kier molecular flexibility index (Phi) is 3.89. The second kappa shape index (κ2) is 5.61. The standard InChI is InChI=1S/C11H11N5O3S/c1-7-13-14-11(20)15(7)12-6-8-3-4-10(19-2)9(5-8)16(17)18/h3-6H,1-2H3,(H,14,20)/b12-6-. The number of H-pyrrole nitrogens is 1. The molecule has 0 atom stereocenters. The smallest absolute Gasteiger partial charge is 0.311 e. The summed E-state index contributed by atoms with van der Waals surface area (Å²) in [7, 11) is 1.38. The molecule has 0 aliphatic heterocycles. The van der Waals surface area contributed by atoms with Gasteiger partial charge < -0.3 is 4.74 Å². The van der Waals surface area contributed by atoms with Crippen molar-refractivity contribution in [1.29, 1.82) is 0 Å². The largest absolute Gasteiger partial charge is 0.490 e. The van der Waals surface area contributed by atoms with Crippen molar-refractivity contribution in [2.24, 2.45) is 5.10 Å². The predicted octanol–water partition coefficient (Wildman–Crippen LogP) is 2.05. The molecule has 9 heteroatoms. The van der Waals surface area contributed by atoms with E-state index in [0.717, 1.165) is 0 Å². The molecule has 1 heterocycles. The number of methoxy groups -OCH3 is 1. The van der Waals surface area contributed by atoms with Crippen LogP contribution < -0.4 is 4.74 Å². The number of hydrogen-bond donors (Lipinski definition) is 1. The molecule has 2 rings (SSSR count). The molecule has 2 aromatic rings. The third kappa shape index (κ3) is 2.72. The van der Waals surface area contributed by atoms with Crippen LogP contribution in [0.15, 0.2) is 23.3 Å². The third-order valence-corrected chi connectivity index (χ3v) is 2.80. The van der Waals surface area contributed by atoms with Gasteiger partial charge in [0.15, 0.2) is 5.75 Å². The van der Waals surface area contributed by atoms with Crippen LogP contribution in [0.25, 0.3) is 0 Å². The summed E-state index contributed by atoms with van der Waals surface area (Å²) in [5.41, 5.74) is 0.434. The van der Waals surface area contributed by atoms with Crippen LogP contribution in [0.2, 0.25) is 0 Å². The van der Waals surface area contributed by atoms with E-state index >= 15 is 0 Å². The lowest BCUT2D eigenvalue weighted by molar-refractivity contribution is -0.385. The van der Waals surface area contributed by atoms with Crippen molar-refractivity contribution < 1.29 is 9.66 Å². The molecule has 0 saturated heterocycles. The Balaban J connectivity index is 2.37. The maximum atomic E-state index is 10.9. The summed E-state index contributed by atoms with van der Waals surface area (Å²) in [6, 6.07) is 4.55. The highest BCUT2D eigenvalue weighted by Gasteiger charge is 2.14. The van der Waals surface area contributed by atoms with Gasteiger partial charge in [-0.15, -0.1) is 0 Å². The number of aryl methyl sites for hydroxylation is 1. The summed E-state index contributed by atoms with van der Waals surface area (Å²) in [6.45, 7) is 1.74. The molecule has 1 N–H and O–H groups in total. The molecule has 0 fully saturated rings. The molecule has 20 heavy (non-hydrogen) atoms. The highest BCUT2D eigenvalue weighted by molar-refractivity contribution is 7.71. The number of aromatic nitrogens is 3. The van der Waals surface area contributed by atoms with E-state index in [-0.39, 0.29) is 11.4 Å². The number of nitrogens with one attached hydrogen (secondary N) is 1. The molecule has 0 spiro atoms. The minimum Gasteiger partial charge on any atom is -0.490 e. The minimum atomic E-state index is -0.509. The fraction of sp³-hybridized carbons (Fsp3) is 0.182. The lowest BCUT2D eigenvalue weighted by Crippen LogP contribution is -1.97. The maximum absolute atomic E-state index is 10.9. The Morgan fingerprint density at radius 3 is 2.90 bits per heavy atom. The van der Waals surface area contributed by atoms with E-state index in [9.17, 15) is 10.1 Å². The van der Waals surface area contributed by atoms with Gasteiger partial charge in [-0.2, -0.15) is 14.9 Å². The maximum Gasteiger partial charge on any atom is 0.311 e. The zero-order valence-corrected chi connectivity index (χ0v) is 11.5. The molecule has 0 radical (unpaired) electrons. The topological polar surface area (TPSA) is 98.3 Å². The second-order valence-electron chi connectivity index (χ2n) is 3.82. The van der Waals surface area contributed by atoms with Gasteiger partial charge in [0.2, 0.25) is 4.77 Å². The molecule has 104 valence electrons. The number of nitro benzene ring substituents is 1. The second-order valence-corrected chi connectivity index (χ2v) is 4.21. The lowest BCUT2D eigenvalue weighted by atomic mass is 10.2. The SMILES string of the molecule is COc1ccc(/C=N\n2c(C)n[nH]c2=S)cc1[N+](=O)[O-]. The Morgan fingerprint density at radius 1 is 1.60 bits per heavy atom. The van der Waals surface area contributed by atoms with Crippen LogP contribution in [-0.4, -0.2) is 33.1 Å². The van der Waals surface area contributed by atoms with Gasteiger partial charge >= 0.3 is 5.69 Å². The lowest BCUT2D eigenvalue weighted by Gasteiger charge is -2.02. The van der Waals surface area contributed by atoms with Crippen LogP contribution in [0.5, 0.6) is 5.75 Å². The zero-order valence-electron chi connectivity index (χ0n) is 10.7. The molecule has 0 aliphatic carbocycles. The average molecular weight is 293 g/mol. The Morgan fingerprint density at radius 2 is 2.35 bits per heavy atom. The van der Waals surface area contributed by atoms with Crippen LogP contribution in [0, 0.1) is 21.8 Å². The quantitative estimate of drug-likeness (QED) is 0.402. The van der Waals surface area contributed by atoms with E-state index in [2.05, 4.69) is 15.3 Å². The molecule has 0 saturated carbocycles. The van der Waals surface area contributed by atoms with Crippen molar-refractivity contribution in [1.82, 2.24) is 14.9 Å². The van der Waals surface area contributed by atoms with Crippen LogP contribution in [-0.2, 0) is 0 Å². The summed E-state index contributed by atoms with van der Waals surface area (Å²) in [4.78, 5) is 10.4. The van der Waals surface area contributed by atoms with E-state index in [1.807, 2.05) is 0 Å². The van der Waals surface area contributed by atoms with Crippen molar-refractivity contribution in [3.05, 3.63) is 44.5 Å². The molecular weight excluding hydrogens is 282 g/mol. The zero-order chi connectivity index (χ0) is 14.7. The van der Waals surface area contributed by atoms with Crippen LogP contribution in [0.4, 0.5) is 5.69 Å². The summed E-state index contributed by atoms with van der Waals surface area (Å²) in [5.74, 6) is 0.789. The molecule has 0 aliphatic rings. The van der Waals surface area contributed by atoms with Crippen molar-refractivity contribution in [3.8, 4) is 5.75 Å². The summed E-state index contributed by atoms with van der Waals surface area (Å²) < 4.78 is 6.70. The Hall–Kier alpha value is -2.55. The van der Waals surface area contributed by atoms with Crippen LogP contribution in [0.1, 0.15) is 11.4 Å². The van der Waals surface area contributed by atoms with Gasteiger partial charge in [0, 0.05) is 11.6 Å². The van der Waals surface area contributed by atoms with Crippen molar-refractivity contribution >= 4 is 24.1 Å². The molecule has 1 aromatic carbocycles. The van der Waals surface area contributed by atoms with E-state index < -0.39 is 4.92 Å². The molecule has 0 unspecified atom stereocenters. The first-order valence-corrected chi connectivity index (χ1v) is 5.94. The minimum absolute atomic E-state index is 0.121. The summed E-state index contributed by atoms with van der Waals surface area (Å²) in [6.07, 6.45) is 1.46. The highest BCUT2D eigenvalue weighted by atomic mass is 32.1. The van der Waals surface area contributed by atoms with Gasteiger partial charge in [-0.25, -0.2) is 0 Å². The number of nitrogens with zero attached hydrogens (tertiary/aromatic N) is 4. The van der Waals surface area contributed by atoms with E-state index in [1.165, 1.54) is 30.1 Å². The van der Waals surface area contributed by atoms with Crippen molar-refractivity contribution in [2.75, 3.05) is 7.11 Å². The van der Waals surface area contributed by atoms with E-state index in [4.69, 9.17) is 17.0 Å². The van der Waals surface area contributed by atoms with E-state index in [0.29, 0.717) is 16.2 Å². The van der Waals surface area contributed by atoms with Crippen LogP contribution >= 0.6 is 12.2 Å². The van der Waals surface area contributed by atoms with Gasteiger partial charge in [-0.1, -0.05) is 0 Å².